The van der Waals surface area contributed by atoms with Gasteiger partial charge in [0.2, 0.25) is 0 Å². The second-order valence-corrected chi connectivity index (χ2v) is 9.22. The number of benzene rings is 1. The van der Waals surface area contributed by atoms with Crippen molar-refractivity contribution in [1.29, 1.82) is 0 Å². The molecule has 2 atom stereocenters. The first-order valence-electron chi connectivity index (χ1n) is 11.5. The monoisotopic (exact) mass is 543 g/mol. The molecule has 0 radical (unpaired) electrons. The van der Waals surface area contributed by atoms with Crippen LogP contribution in [0.5, 0.6) is 0 Å². The number of aliphatic hydroxyl groups is 1. The smallest absolute Gasteiger partial charge is 0.374 e. The summed E-state index contributed by atoms with van der Waals surface area (Å²) < 4.78 is 84.7. The number of aliphatic hydroxyl groups excluding tert-OH is 1. The molecule has 2 aromatic heterocycles. The number of hydrogen-bond acceptors (Lipinski definition) is 5. The predicted molar refractivity (Wildman–Crippen MR) is 125 cm³/mol. The summed E-state index contributed by atoms with van der Waals surface area (Å²) in [4.78, 5) is 30.8. The molecule has 204 valence electrons. The Balaban J connectivity index is 1.93. The maximum atomic E-state index is 14.8. The average molecular weight is 543 g/mol. The SMILES string of the molecule is CC(C)C[C@H](NC(O)c1cn(-c2c(F)cc(F)cc2F)c2nc(N3CCNC3=O)ccc2c1=O)C(F)(F)F. The Morgan fingerprint density at radius 1 is 1.13 bits per heavy atom. The van der Waals surface area contributed by atoms with Crippen molar-refractivity contribution in [3.8, 4) is 5.69 Å². The topological polar surface area (TPSA) is 99.5 Å². The molecule has 0 aliphatic carbocycles. The maximum Gasteiger partial charge on any atom is 0.403 e. The molecule has 1 aliphatic heterocycles. The van der Waals surface area contributed by atoms with Gasteiger partial charge < -0.3 is 10.4 Å². The standard InChI is InChI=1S/C24H23F6N5O3/c1-11(2)7-17(24(28,29)30)32-22(37)14-10-35(19-15(26)8-12(25)9-16(19)27)21-13(20(14)36)3-4-18(33-21)34-6-5-31-23(34)38/h3-4,8-11,17,22,32,37H,5-7H2,1-2H3,(H,31,38)/t17-,22?/m0/s1. The molecule has 4 rings (SSSR count). The van der Waals surface area contributed by atoms with Crippen molar-refractivity contribution in [3.05, 3.63) is 63.7 Å². The van der Waals surface area contributed by atoms with Crippen LogP contribution in [0.1, 0.15) is 32.1 Å². The van der Waals surface area contributed by atoms with Crippen molar-refractivity contribution in [2.24, 2.45) is 5.92 Å². The highest BCUT2D eigenvalue weighted by molar-refractivity contribution is 5.94. The molecule has 3 heterocycles. The van der Waals surface area contributed by atoms with Crippen molar-refractivity contribution >= 4 is 22.9 Å². The van der Waals surface area contributed by atoms with E-state index in [-0.39, 0.29) is 23.4 Å². The minimum atomic E-state index is -4.77. The average Bonchev–Trinajstić information content (AvgIpc) is 3.24. The van der Waals surface area contributed by atoms with E-state index in [0.29, 0.717) is 23.2 Å². The number of pyridine rings is 2. The van der Waals surface area contributed by atoms with Gasteiger partial charge in [-0.05, 0) is 24.5 Å². The van der Waals surface area contributed by atoms with E-state index < -0.39 is 70.9 Å². The molecular formula is C24H23F6N5O3. The fourth-order valence-corrected chi connectivity index (χ4v) is 4.23. The lowest BCUT2D eigenvalue weighted by Crippen LogP contribution is -2.45. The third-order valence-corrected chi connectivity index (χ3v) is 5.98. The summed E-state index contributed by atoms with van der Waals surface area (Å²) in [5.41, 5.74) is -2.89. The van der Waals surface area contributed by atoms with E-state index in [4.69, 9.17) is 0 Å². The molecule has 1 saturated heterocycles. The van der Waals surface area contributed by atoms with Gasteiger partial charge in [-0.2, -0.15) is 13.2 Å². The van der Waals surface area contributed by atoms with Crippen molar-refractivity contribution in [1.82, 2.24) is 20.2 Å². The molecule has 1 aliphatic rings. The zero-order valence-corrected chi connectivity index (χ0v) is 20.1. The first kappa shape index (κ1) is 27.4. The number of anilines is 1. The molecule has 3 N–H and O–H groups in total. The third kappa shape index (κ3) is 5.31. The lowest BCUT2D eigenvalue weighted by Gasteiger charge is -2.26. The molecule has 3 aromatic rings. The minimum absolute atomic E-state index is 0.0177. The minimum Gasteiger partial charge on any atom is -0.374 e. The molecule has 14 heteroatoms. The highest BCUT2D eigenvalue weighted by Gasteiger charge is 2.41. The second kappa shape index (κ2) is 10.3. The number of nitrogens with one attached hydrogen (secondary N) is 2. The summed E-state index contributed by atoms with van der Waals surface area (Å²) in [7, 11) is 0. The van der Waals surface area contributed by atoms with Crippen LogP contribution < -0.4 is 21.0 Å². The van der Waals surface area contributed by atoms with Crippen molar-refractivity contribution in [3.63, 3.8) is 0 Å². The van der Waals surface area contributed by atoms with Gasteiger partial charge in [0.25, 0.3) is 0 Å². The Hall–Kier alpha value is -3.65. The number of fused-ring (bicyclic) bond motifs is 1. The molecule has 1 aromatic carbocycles. The van der Waals surface area contributed by atoms with Gasteiger partial charge in [-0.15, -0.1) is 0 Å². The Morgan fingerprint density at radius 2 is 1.79 bits per heavy atom. The second-order valence-electron chi connectivity index (χ2n) is 9.22. The molecule has 0 spiro atoms. The quantitative estimate of drug-likeness (QED) is 0.310. The summed E-state index contributed by atoms with van der Waals surface area (Å²) >= 11 is 0. The molecule has 2 amide bonds. The summed E-state index contributed by atoms with van der Waals surface area (Å²) in [5, 5.41) is 14.9. The van der Waals surface area contributed by atoms with Gasteiger partial charge in [-0.1, -0.05) is 13.8 Å². The molecule has 0 bridgehead atoms. The van der Waals surface area contributed by atoms with Crippen LogP contribution in [-0.2, 0) is 0 Å². The van der Waals surface area contributed by atoms with Crippen LogP contribution in [0, 0.1) is 23.4 Å². The number of halogens is 6. The fourth-order valence-electron chi connectivity index (χ4n) is 4.23. The number of nitrogens with zero attached hydrogens (tertiary/aromatic N) is 3. The summed E-state index contributed by atoms with van der Waals surface area (Å²) in [6, 6.07) is 0.483. The normalized spacial score (nSPS) is 15.8. The van der Waals surface area contributed by atoms with Crippen LogP contribution in [0.4, 0.5) is 37.0 Å². The van der Waals surface area contributed by atoms with Gasteiger partial charge in [0, 0.05) is 31.4 Å². The van der Waals surface area contributed by atoms with E-state index in [2.05, 4.69) is 10.3 Å². The Bertz CT molecular complexity index is 1420. The Labute approximate surface area is 211 Å². The van der Waals surface area contributed by atoms with Gasteiger partial charge in [0.15, 0.2) is 22.7 Å². The van der Waals surface area contributed by atoms with E-state index in [1.165, 1.54) is 17.0 Å². The number of rotatable bonds is 7. The van der Waals surface area contributed by atoms with E-state index in [9.17, 15) is 41.0 Å². The van der Waals surface area contributed by atoms with E-state index in [1.54, 1.807) is 13.8 Å². The van der Waals surface area contributed by atoms with E-state index in [1.807, 2.05) is 5.32 Å². The molecule has 8 nitrogen and oxygen atoms in total. The number of amides is 2. The number of alkyl halides is 3. The number of urea groups is 1. The predicted octanol–water partition coefficient (Wildman–Crippen LogP) is 3.89. The largest absolute Gasteiger partial charge is 0.403 e. The highest BCUT2D eigenvalue weighted by Crippen LogP contribution is 2.29. The van der Waals surface area contributed by atoms with Crippen molar-refractivity contribution in [2.75, 3.05) is 18.0 Å². The van der Waals surface area contributed by atoms with Crippen LogP contribution >= 0.6 is 0 Å². The summed E-state index contributed by atoms with van der Waals surface area (Å²) in [6.45, 7) is 3.58. The van der Waals surface area contributed by atoms with E-state index in [0.717, 1.165) is 6.20 Å². The van der Waals surface area contributed by atoms with Crippen molar-refractivity contribution in [2.45, 2.75) is 38.7 Å². The number of hydrogen-bond donors (Lipinski definition) is 3. The lowest BCUT2D eigenvalue weighted by molar-refractivity contribution is -0.167. The molecule has 1 fully saturated rings. The van der Waals surface area contributed by atoms with Crippen LogP contribution in [-0.4, -0.2) is 46.0 Å². The summed E-state index contributed by atoms with van der Waals surface area (Å²) in [5.74, 6) is -4.45. The molecular weight excluding hydrogens is 520 g/mol. The van der Waals surface area contributed by atoms with Crippen LogP contribution in [0.15, 0.2) is 35.3 Å². The van der Waals surface area contributed by atoms with Gasteiger partial charge in [-0.3, -0.25) is 19.6 Å². The van der Waals surface area contributed by atoms with Crippen LogP contribution in [0.3, 0.4) is 0 Å². The van der Waals surface area contributed by atoms with Crippen molar-refractivity contribution < 1.29 is 36.2 Å². The zero-order valence-electron chi connectivity index (χ0n) is 20.1. The first-order valence-corrected chi connectivity index (χ1v) is 11.5. The number of aromatic nitrogens is 2. The maximum absolute atomic E-state index is 14.8. The highest BCUT2D eigenvalue weighted by atomic mass is 19.4. The third-order valence-electron chi connectivity index (χ3n) is 5.98. The number of carbonyl (C=O) groups excluding carboxylic acids is 1. The van der Waals surface area contributed by atoms with Gasteiger partial charge >= 0.3 is 12.2 Å². The van der Waals surface area contributed by atoms with Crippen LogP contribution in [0.25, 0.3) is 16.7 Å². The van der Waals surface area contributed by atoms with Gasteiger partial charge in [-0.25, -0.2) is 22.9 Å². The zero-order chi connectivity index (χ0) is 27.9. The molecule has 0 saturated carbocycles. The first-order chi connectivity index (χ1) is 17.8. The number of carbonyl (C=O) groups is 1. The molecule has 38 heavy (non-hydrogen) atoms. The Kier molecular flexibility index (Phi) is 7.39. The van der Waals surface area contributed by atoms with Gasteiger partial charge in [0.05, 0.1) is 10.9 Å². The Morgan fingerprint density at radius 3 is 2.34 bits per heavy atom. The fraction of sp³-hybridized carbons (Fsp3) is 0.375. The summed E-state index contributed by atoms with van der Waals surface area (Å²) in [6.07, 6.45) is -6.65. The van der Waals surface area contributed by atoms with Crippen LogP contribution in [0.2, 0.25) is 0 Å². The van der Waals surface area contributed by atoms with Gasteiger partial charge in [0.1, 0.15) is 29.6 Å². The molecule has 1 unspecified atom stereocenters. The van der Waals surface area contributed by atoms with E-state index >= 15 is 0 Å². The lowest BCUT2D eigenvalue weighted by atomic mass is 10.0.